The Bertz CT molecular complexity index is 729. The highest BCUT2D eigenvalue weighted by atomic mass is 19.1. The largest absolute Gasteiger partial charge is 0.497 e. The highest BCUT2D eigenvalue weighted by Gasteiger charge is 2.29. The zero-order valence-electron chi connectivity index (χ0n) is 16.0. The number of benzene rings is 2. The van der Waals surface area contributed by atoms with E-state index in [2.05, 4.69) is 13.8 Å². The molecule has 0 radical (unpaired) electrons. The monoisotopic (exact) mass is 346 g/mol. The van der Waals surface area contributed by atoms with Gasteiger partial charge in [0.05, 0.1) is 7.11 Å². The van der Waals surface area contributed by atoms with Gasteiger partial charge in [0.2, 0.25) is 0 Å². The van der Waals surface area contributed by atoms with Gasteiger partial charge in [-0.3, -0.25) is 0 Å². The Morgan fingerprint density at radius 2 is 1.68 bits per heavy atom. The molecule has 3 heteroatoms. The molecule has 0 unspecified atom stereocenters. The Hall–Kier alpha value is -1.90. The van der Waals surface area contributed by atoms with Gasteiger partial charge in [0.25, 0.3) is 0 Å². The fourth-order valence-electron chi connectivity index (χ4n) is 2.97. The summed E-state index contributed by atoms with van der Waals surface area (Å²) in [6.45, 7) is 9.84. The normalized spacial score (nSPS) is 13.2. The Balaban J connectivity index is 2.64. The fourth-order valence-corrected chi connectivity index (χ4v) is 2.97. The van der Waals surface area contributed by atoms with E-state index in [-0.39, 0.29) is 5.82 Å². The molecule has 0 heterocycles. The van der Waals surface area contributed by atoms with E-state index in [0.29, 0.717) is 28.4 Å². The molecule has 1 atom stereocenters. The molecule has 0 N–H and O–H groups in total. The van der Waals surface area contributed by atoms with Crippen LogP contribution in [-0.2, 0) is 6.42 Å². The van der Waals surface area contributed by atoms with Gasteiger partial charge in [-0.25, -0.2) is 8.78 Å². The zero-order valence-corrected chi connectivity index (χ0v) is 16.0. The summed E-state index contributed by atoms with van der Waals surface area (Å²) in [5.41, 5.74) is 2.01. The van der Waals surface area contributed by atoms with Crippen molar-refractivity contribution in [3.8, 4) is 16.9 Å². The third kappa shape index (κ3) is 4.59. The number of rotatable bonds is 5. The summed E-state index contributed by atoms with van der Waals surface area (Å²) >= 11 is 0. The minimum atomic E-state index is -1.19. The van der Waals surface area contributed by atoms with Crippen LogP contribution in [0.3, 0.4) is 0 Å². The van der Waals surface area contributed by atoms with Crippen molar-refractivity contribution in [2.24, 2.45) is 11.3 Å². The third-order valence-electron chi connectivity index (χ3n) is 4.26. The molecule has 136 valence electrons. The lowest BCUT2D eigenvalue weighted by molar-refractivity contribution is 0.165. The molecule has 0 fully saturated rings. The molecule has 0 spiro atoms. The lowest BCUT2D eigenvalue weighted by Crippen LogP contribution is -2.15. The summed E-state index contributed by atoms with van der Waals surface area (Å²) in [5.74, 6) is 0.652. The minimum absolute atomic E-state index is 0.373. The van der Waals surface area contributed by atoms with Gasteiger partial charge < -0.3 is 4.74 Å². The van der Waals surface area contributed by atoms with E-state index >= 15 is 4.39 Å². The van der Waals surface area contributed by atoms with Crippen LogP contribution in [0.2, 0.25) is 0 Å². The maximum atomic E-state index is 15.3. The fraction of sp³-hybridized carbons (Fsp3) is 0.455. The topological polar surface area (TPSA) is 9.23 Å². The van der Waals surface area contributed by atoms with Crippen molar-refractivity contribution in [3.63, 3.8) is 0 Å². The summed E-state index contributed by atoms with van der Waals surface area (Å²) < 4.78 is 34.9. The summed E-state index contributed by atoms with van der Waals surface area (Å²) in [4.78, 5) is 0. The molecule has 0 aliphatic rings. The molecule has 0 bridgehead atoms. The predicted molar refractivity (Wildman–Crippen MR) is 100 cm³/mol. The van der Waals surface area contributed by atoms with Crippen LogP contribution in [0.25, 0.3) is 11.1 Å². The molecule has 0 aromatic heterocycles. The summed E-state index contributed by atoms with van der Waals surface area (Å²) in [5, 5.41) is 0. The zero-order chi connectivity index (χ0) is 18.8. The van der Waals surface area contributed by atoms with Gasteiger partial charge in [-0.2, -0.15) is 0 Å². The average molecular weight is 346 g/mol. The number of hydrogen-bond acceptors (Lipinski definition) is 1. The summed E-state index contributed by atoms with van der Waals surface area (Å²) in [7, 11) is 1.54. The predicted octanol–water partition coefficient (Wildman–Crippen LogP) is 6.76. The maximum Gasteiger partial charge on any atom is 0.131 e. The van der Waals surface area contributed by atoms with E-state index in [1.807, 2.05) is 39.0 Å². The van der Waals surface area contributed by atoms with Crippen molar-refractivity contribution in [2.75, 3.05) is 7.11 Å². The van der Waals surface area contributed by atoms with Crippen molar-refractivity contribution in [3.05, 3.63) is 53.3 Å². The second-order valence-corrected chi connectivity index (χ2v) is 8.09. The number of alkyl halides is 1. The SMILES string of the molecule is COc1ccc(F)c(-c2ccc(CC(C)C)cc2[C@H](F)C(C)(C)C)c1. The van der Waals surface area contributed by atoms with E-state index in [4.69, 9.17) is 4.74 Å². The number of hydrogen-bond donors (Lipinski definition) is 0. The molecule has 2 rings (SSSR count). The van der Waals surface area contributed by atoms with Crippen molar-refractivity contribution < 1.29 is 13.5 Å². The van der Waals surface area contributed by atoms with Gasteiger partial charge in [0.1, 0.15) is 17.7 Å². The molecular weight excluding hydrogens is 318 g/mol. The van der Waals surface area contributed by atoms with Crippen molar-refractivity contribution in [1.82, 2.24) is 0 Å². The van der Waals surface area contributed by atoms with Gasteiger partial charge in [-0.05, 0) is 52.6 Å². The van der Waals surface area contributed by atoms with E-state index in [1.54, 1.807) is 12.1 Å². The van der Waals surface area contributed by atoms with Crippen LogP contribution in [-0.4, -0.2) is 7.11 Å². The first kappa shape index (κ1) is 19.4. The van der Waals surface area contributed by atoms with Crippen LogP contribution in [0.15, 0.2) is 36.4 Å². The maximum absolute atomic E-state index is 15.3. The Kier molecular flexibility index (Phi) is 5.87. The quantitative estimate of drug-likeness (QED) is 0.581. The third-order valence-corrected chi connectivity index (χ3v) is 4.26. The van der Waals surface area contributed by atoms with Crippen molar-refractivity contribution in [1.29, 1.82) is 0 Å². The van der Waals surface area contributed by atoms with Gasteiger partial charge in [-0.15, -0.1) is 0 Å². The van der Waals surface area contributed by atoms with Crippen LogP contribution in [0.4, 0.5) is 8.78 Å². The summed E-state index contributed by atoms with van der Waals surface area (Å²) in [6.07, 6.45) is -0.328. The minimum Gasteiger partial charge on any atom is -0.497 e. The van der Waals surface area contributed by atoms with Crippen molar-refractivity contribution >= 4 is 0 Å². The van der Waals surface area contributed by atoms with Crippen LogP contribution >= 0.6 is 0 Å². The first-order chi connectivity index (χ1) is 11.6. The average Bonchev–Trinajstić information content (AvgIpc) is 2.53. The molecule has 1 nitrogen and oxygen atoms in total. The molecule has 2 aromatic rings. The molecule has 0 aliphatic carbocycles. The highest BCUT2D eigenvalue weighted by Crippen LogP contribution is 2.42. The number of methoxy groups -OCH3 is 1. The number of halogens is 2. The highest BCUT2D eigenvalue weighted by molar-refractivity contribution is 5.70. The van der Waals surface area contributed by atoms with Gasteiger partial charge in [0.15, 0.2) is 0 Å². The van der Waals surface area contributed by atoms with Crippen LogP contribution in [0.5, 0.6) is 5.75 Å². The van der Waals surface area contributed by atoms with Gasteiger partial charge >= 0.3 is 0 Å². The lowest BCUT2D eigenvalue weighted by Gasteiger charge is -2.27. The first-order valence-electron chi connectivity index (χ1n) is 8.74. The standard InChI is InChI=1S/C22H28F2O/c1-14(2)11-15-7-9-17(19(12-15)21(24)22(3,4)5)18-13-16(25-6)8-10-20(18)23/h7-10,12-14,21H,11H2,1-6H3/t21-/m0/s1. The molecule has 0 saturated heterocycles. The first-order valence-corrected chi connectivity index (χ1v) is 8.74. The molecular formula is C22H28F2O. The Morgan fingerprint density at radius 3 is 2.24 bits per heavy atom. The molecule has 2 aromatic carbocycles. The molecule has 0 saturated carbocycles. The van der Waals surface area contributed by atoms with E-state index < -0.39 is 11.6 Å². The van der Waals surface area contributed by atoms with Crippen LogP contribution < -0.4 is 4.74 Å². The van der Waals surface area contributed by atoms with Crippen molar-refractivity contribution in [2.45, 2.75) is 47.2 Å². The second-order valence-electron chi connectivity index (χ2n) is 8.09. The Labute approximate surface area is 150 Å². The van der Waals surface area contributed by atoms with E-state index in [0.717, 1.165) is 12.0 Å². The van der Waals surface area contributed by atoms with E-state index in [9.17, 15) is 4.39 Å². The Morgan fingerprint density at radius 1 is 1.00 bits per heavy atom. The number of ether oxygens (including phenoxy) is 1. The smallest absolute Gasteiger partial charge is 0.131 e. The molecule has 0 aliphatic heterocycles. The molecule has 0 amide bonds. The molecule has 25 heavy (non-hydrogen) atoms. The van der Waals surface area contributed by atoms with Gasteiger partial charge in [-0.1, -0.05) is 52.8 Å². The van der Waals surface area contributed by atoms with Crippen LogP contribution in [0.1, 0.15) is 51.9 Å². The second kappa shape index (κ2) is 7.55. The van der Waals surface area contributed by atoms with E-state index in [1.165, 1.54) is 13.2 Å². The lowest BCUT2D eigenvalue weighted by atomic mass is 9.81. The summed E-state index contributed by atoms with van der Waals surface area (Å²) in [6, 6.07) is 10.3. The van der Waals surface area contributed by atoms with Gasteiger partial charge in [0, 0.05) is 5.56 Å². The van der Waals surface area contributed by atoms with Crippen LogP contribution in [0, 0.1) is 17.2 Å².